The third-order valence-corrected chi connectivity index (χ3v) is 4.09. The molecule has 110 valence electrons. The van der Waals surface area contributed by atoms with Gasteiger partial charge in [-0.05, 0) is 26.2 Å². The number of anilines is 1. The topological polar surface area (TPSA) is 75.5 Å². The summed E-state index contributed by atoms with van der Waals surface area (Å²) in [6, 6.07) is 1.81. The average Bonchev–Trinajstić information content (AvgIpc) is 2.48. The number of piperidine rings is 1. The zero-order valence-electron chi connectivity index (χ0n) is 12.0. The highest BCUT2D eigenvalue weighted by Gasteiger charge is 2.40. The molecule has 2 rings (SSSR count). The van der Waals surface area contributed by atoms with Gasteiger partial charge in [0.15, 0.2) is 0 Å². The van der Waals surface area contributed by atoms with E-state index in [-0.39, 0.29) is 0 Å². The third kappa shape index (κ3) is 2.84. The molecule has 0 bridgehead atoms. The molecule has 1 aromatic heterocycles. The van der Waals surface area contributed by atoms with Crippen LogP contribution in [0.1, 0.15) is 33.1 Å². The van der Waals surface area contributed by atoms with Crippen LogP contribution in [0.2, 0.25) is 0 Å². The summed E-state index contributed by atoms with van der Waals surface area (Å²) in [6.45, 7) is 5.81. The SMILES string of the molecule is CCOc1cc(N2CCC(CC)(C(=O)O)CC2)ncn1. The van der Waals surface area contributed by atoms with Crippen LogP contribution in [0.3, 0.4) is 0 Å². The minimum atomic E-state index is -0.683. The zero-order chi connectivity index (χ0) is 14.6. The van der Waals surface area contributed by atoms with Crippen molar-refractivity contribution in [3.8, 4) is 5.88 Å². The largest absolute Gasteiger partial charge is 0.481 e. The first-order valence-electron chi connectivity index (χ1n) is 7.04. The number of nitrogens with zero attached hydrogens (tertiary/aromatic N) is 3. The quantitative estimate of drug-likeness (QED) is 0.888. The van der Waals surface area contributed by atoms with Gasteiger partial charge in [0.05, 0.1) is 12.0 Å². The van der Waals surface area contributed by atoms with Crippen LogP contribution >= 0.6 is 0 Å². The van der Waals surface area contributed by atoms with Crippen LogP contribution in [0.25, 0.3) is 0 Å². The van der Waals surface area contributed by atoms with E-state index in [4.69, 9.17) is 4.74 Å². The molecule has 1 fully saturated rings. The van der Waals surface area contributed by atoms with Gasteiger partial charge in [-0.25, -0.2) is 9.97 Å². The van der Waals surface area contributed by atoms with Crippen LogP contribution in [0.15, 0.2) is 12.4 Å². The molecule has 0 amide bonds. The fourth-order valence-corrected chi connectivity index (χ4v) is 2.61. The van der Waals surface area contributed by atoms with Gasteiger partial charge in [-0.3, -0.25) is 4.79 Å². The van der Waals surface area contributed by atoms with Crippen molar-refractivity contribution in [3.63, 3.8) is 0 Å². The molecule has 1 aliphatic rings. The highest BCUT2D eigenvalue weighted by Crippen LogP contribution is 2.36. The lowest BCUT2D eigenvalue weighted by atomic mass is 9.76. The highest BCUT2D eigenvalue weighted by atomic mass is 16.5. The van der Waals surface area contributed by atoms with Crippen LogP contribution in [0.4, 0.5) is 5.82 Å². The summed E-state index contributed by atoms with van der Waals surface area (Å²) in [5, 5.41) is 9.40. The maximum Gasteiger partial charge on any atom is 0.309 e. The van der Waals surface area contributed by atoms with Crippen LogP contribution in [0, 0.1) is 5.41 Å². The van der Waals surface area contributed by atoms with E-state index in [1.165, 1.54) is 6.33 Å². The molecule has 0 aromatic carbocycles. The second-order valence-electron chi connectivity index (χ2n) is 5.07. The predicted molar refractivity (Wildman–Crippen MR) is 75.0 cm³/mol. The lowest BCUT2D eigenvalue weighted by Crippen LogP contribution is -2.44. The fraction of sp³-hybridized carbons (Fsp3) is 0.643. The first-order valence-corrected chi connectivity index (χ1v) is 7.04. The lowest BCUT2D eigenvalue weighted by Gasteiger charge is -2.38. The Balaban J connectivity index is 2.07. The standard InChI is InChI=1S/C14H21N3O3/c1-3-14(13(18)19)5-7-17(8-6-14)11-9-12(20-4-2)16-10-15-11/h9-10H,3-8H2,1-2H3,(H,18,19). The van der Waals surface area contributed by atoms with Crippen molar-refractivity contribution in [3.05, 3.63) is 12.4 Å². The molecule has 0 unspecified atom stereocenters. The van der Waals surface area contributed by atoms with Crippen LogP contribution < -0.4 is 9.64 Å². The fourth-order valence-electron chi connectivity index (χ4n) is 2.61. The molecule has 0 radical (unpaired) electrons. The summed E-state index contributed by atoms with van der Waals surface area (Å²) >= 11 is 0. The molecule has 6 heteroatoms. The van der Waals surface area contributed by atoms with E-state index in [1.807, 2.05) is 19.9 Å². The summed E-state index contributed by atoms with van der Waals surface area (Å²) in [5.74, 6) is 0.680. The molecule has 1 saturated heterocycles. The Morgan fingerprint density at radius 2 is 2.10 bits per heavy atom. The highest BCUT2D eigenvalue weighted by molar-refractivity contribution is 5.75. The van der Waals surface area contributed by atoms with Gasteiger partial charge in [0.1, 0.15) is 12.1 Å². The van der Waals surface area contributed by atoms with E-state index in [1.54, 1.807) is 0 Å². The lowest BCUT2D eigenvalue weighted by molar-refractivity contribution is -0.150. The third-order valence-electron chi connectivity index (χ3n) is 4.09. The average molecular weight is 279 g/mol. The van der Waals surface area contributed by atoms with E-state index in [0.29, 0.717) is 44.8 Å². The molecule has 0 spiro atoms. The number of aliphatic carboxylic acids is 1. The summed E-state index contributed by atoms with van der Waals surface area (Å²) < 4.78 is 5.37. The van der Waals surface area contributed by atoms with Crippen molar-refractivity contribution in [2.75, 3.05) is 24.6 Å². The van der Waals surface area contributed by atoms with Gasteiger partial charge in [0.25, 0.3) is 0 Å². The van der Waals surface area contributed by atoms with Gasteiger partial charge in [-0.2, -0.15) is 0 Å². The molecular weight excluding hydrogens is 258 g/mol. The molecule has 20 heavy (non-hydrogen) atoms. The van der Waals surface area contributed by atoms with Gasteiger partial charge < -0.3 is 14.7 Å². The second-order valence-corrected chi connectivity index (χ2v) is 5.07. The minimum Gasteiger partial charge on any atom is -0.481 e. The van der Waals surface area contributed by atoms with Crippen molar-refractivity contribution >= 4 is 11.8 Å². The van der Waals surface area contributed by atoms with Crippen molar-refractivity contribution < 1.29 is 14.6 Å². The molecule has 1 aromatic rings. The number of ether oxygens (including phenoxy) is 1. The molecule has 6 nitrogen and oxygen atoms in total. The Morgan fingerprint density at radius 3 is 2.65 bits per heavy atom. The predicted octanol–water partition coefficient (Wildman–Crippen LogP) is 1.96. The number of carbonyl (C=O) groups is 1. The van der Waals surface area contributed by atoms with Crippen LogP contribution in [0.5, 0.6) is 5.88 Å². The smallest absolute Gasteiger partial charge is 0.309 e. The summed E-state index contributed by atoms with van der Waals surface area (Å²) in [4.78, 5) is 21.8. The Morgan fingerprint density at radius 1 is 1.40 bits per heavy atom. The number of rotatable bonds is 5. The van der Waals surface area contributed by atoms with E-state index >= 15 is 0 Å². The molecule has 0 saturated carbocycles. The van der Waals surface area contributed by atoms with Gasteiger partial charge in [-0.1, -0.05) is 6.92 Å². The van der Waals surface area contributed by atoms with E-state index < -0.39 is 11.4 Å². The Labute approximate surface area is 118 Å². The van der Waals surface area contributed by atoms with Gasteiger partial charge >= 0.3 is 5.97 Å². The maximum atomic E-state index is 11.4. The van der Waals surface area contributed by atoms with E-state index in [2.05, 4.69) is 14.9 Å². The Hall–Kier alpha value is -1.85. The van der Waals surface area contributed by atoms with Crippen molar-refractivity contribution in [1.29, 1.82) is 0 Å². The number of carboxylic acids is 1. The van der Waals surface area contributed by atoms with Gasteiger partial charge in [0.2, 0.25) is 5.88 Å². The van der Waals surface area contributed by atoms with Crippen molar-refractivity contribution in [2.45, 2.75) is 33.1 Å². The Bertz CT molecular complexity index is 470. The van der Waals surface area contributed by atoms with Crippen LogP contribution in [-0.2, 0) is 4.79 Å². The van der Waals surface area contributed by atoms with Gasteiger partial charge in [-0.15, -0.1) is 0 Å². The molecular formula is C14H21N3O3. The van der Waals surface area contributed by atoms with E-state index in [0.717, 1.165) is 5.82 Å². The monoisotopic (exact) mass is 279 g/mol. The summed E-state index contributed by atoms with van der Waals surface area (Å²) in [5.41, 5.74) is -0.577. The van der Waals surface area contributed by atoms with Gasteiger partial charge in [0, 0.05) is 19.2 Å². The van der Waals surface area contributed by atoms with Crippen molar-refractivity contribution in [2.24, 2.45) is 5.41 Å². The molecule has 2 heterocycles. The zero-order valence-corrected chi connectivity index (χ0v) is 12.0. The molecule has 0 aliphatic carbocycles. The number of hydrogen-bond donors (Lipinski definition) is 1. The minimum absolute atomic E-state index is 0.558. The number of hydrogen-bond acceptors (Lipinski definition) is 5. The number of carboxylic acid groups (broad SMARTS) is 1. The normalized spacial score (nSPS) is 17.8. The van der Waals surface area contributed by atoms with Crippen LogP contribution in [-0.4, -0.2) is 40.7 Å². The molecule has 1 aliphatic heterocycles. The summed E-state index contributed by atoms with van der Waals surface area (Å²) in [6.07, 6.45) is 3.45. The second kappa shape index (κ2) is 6.07. The van der Waals surface area contributed by atoms with Crippen molar-refractivity contribution in [1.82, 2.24) is 9.97 Å². The Kier molecular flexibility index (Phi) is 4.42. The molecule has 1 N–H and O–H groups in total. The van der Waals surface area contributed by atoms with E-state index in [9.17, 15) is 9.90 Å². The molecule has 0 atom stereocenters. The summed E-state index contributed by atoms with van der Waals surface area (Å²) in [7, 11) is 0. The maximum absolute atomic E-state index is 11.4. The first-order chi connectivity index (χ1) is 9.61. The first kappa shape index (κ1) is 14.6. The number of aromatic nitrogens is 2.